The number of carbonyl (C=O) groups excluding carboxylic acids is 1. The smallest absolute Gasteiger partial charge is 0.338 e. The van der Waals surface area contributed by atoms with Gasteiger partial charge in [-0.25, -0.2) is 18.6 Å². The highest BCUT2D eigenvalue weighted by Crippen LogP contribution is 2.32. The molecule has 0 radical (unpaired) electrons. The zero-order valence-corrected chi connectivity index (χ0v) is 18.7. The number of esters is 1. The lowest BCUT2D eigenvalue weighted by Crippen LogP contribution is -2.05. The third kappa shape index (κ3) is 4.64. The fourth-order valence-corrected chi connectivity index (χ4v) is 4.65. The van der Waals surface area contributed by atoms with Crippen LogP contribution in [0.2, 0.25) is 5.02 Å². The summed E-state index contributed by atoms with van der Waals surface area (Å²) in [6.07, 6.45) is 0. The standard InChI is InChI=1S/C24H19ClF2N2O2S/c1-2-31-23(30)16-8-11-21-20(12-16)28-24(29(21)13-15-6-4-3-5-7-15)32-14-17-18(26)9-10-19(27)22(17)25/h3-12H,2,13-14H2,1H3. The highest BCUT2D eigenvalue weighted by atomic mass is 35.5. The van der Waals surface area contributed by atoms with Crippen LogP contribution in [0.1, 0.15) is 28.4 Å². The summed E-state index contributed by atoms with van der Waals surface area (Å²) < 4.78 is 35.1. The zero-order valence-electron chi connectivity index (χ0n) is 17.1. The molecule has 1 heterocycles. The Morgan fingerprint density at radius 1 is 1.09 bits per heavy atom. The minimum absolute atomic E-state index is 0.0854. The lowest BCUT2D eigenvalue weighted by molar-refractivity contribution is 0.0526. The third-order valence-electron chi connectivity index (χ3n) is 4.89. The first kappa shape index (κ1) is 22.3. The summed E-state index contributed by atoms with van der Waals surface area (Å²) in [6.45, 7) is 2.55. The predicted octanol–water partition coefficient (Wildman–Crippen LogP) is 6.49. The van der Waals surface area contributed by atoms with E-state index in [4.69, 9.17) is 16.3 Å². The Hall–Kier alpha value is -2.90. The van der Waals surface area contributed by atoms with Gasteiger partial charge in [0.25, 0.3) is 0 Å². The molecular weight excluding hydrogens is 454 g/mol. The predicted molar refractivity (Wildman–Crippen MR) is 122 cm³/mol. The summed E-state index contributed by atoms with van der Waals surface area (Å²) >= 11 is 7.24. The van der Waals surface area contributed by atoms with Gasteiger partial charge in [0.15, 0.2) is 5.16 Å². The van der Waals surface area contributed by atoms with E-state index in [1.807, 2.05) is 41.0 Å². The van der Waals surface area contributed by atoms with E-state index in [2.05, 4.69) is 4.98 Å². The SMILES string of the molecule is CCOC(=O)c1ccc2c(c1)nc(SCc1c(F)ccc(F)c1Cl)n2Cc1ccccc1. The van der Waals surface area contributed by atoms with E-state index in [-0.39, 0.29) is 22.9 Å². The number of carbonyl (C=O) groups is 1. The van der Waals surface area contributed by atoms with Crippen LogP contribution in [0.3, 0.4) is 0 Å². The minimum atomic E-state index is -0.666. The molecular formula is C24H19ClF2N2O2S. The number of rotatable bonds is 7. The van der Waals surface area contributed by atoms with Gasteiger partial charge in [-0.15, -0.1) is 0 Å². The van der Waals surface area contributed by atoms with Gasteiger partial charge in [-0.3, -0.25) is 0 Å². The second kappa shape index (κ2) is 9.71. The Balaban J connectivity index is 1.73. The van der Waals surface area contributed by atoms with Gasteiger partial charge >= 0.3 is 5.97 Å². The first-order valence-corrected chi connectivity index (χ1v) is 11.3. The highest BCUT2D eigenvalue weighted by Gasteiger charge is 2.18. The number of fused-ring (bicyclic) bond motifs is 1. The van der Waals surface area contributed by atoms with Crippen molar-refractivity contribution in [2.24, 2.45) is 0 Å². The van der Waals surface area contributed by atoms with Crippen LogP contribution in [0.15, 0.2) is 65.8 Å². The number of thioether (sulfide) groups is 1. The summed E-state index contributed by atoms with van der Waals surface area (Å²) in [5, 5.41) is 0.373. The molecule has 0 saturated heterocycles. The quantitative estimate of drug-likeness (QED) is 0.175. The van der Waals surface area contributed by atoms with E-state index in [1.165, 1.54) is 11.8 Å². The molecule has 0 fully saturated rings. The van der Waals surface area contributed by atoms with Crippen LogP contribution in [0, 0.1) is 11.6 Å². The molecule has 0 bridgehead atoms. The van der Waals surface area contributed by atoms with Gasteiger partial charge < -0.3 is 9.30 Å². The van der Waals surface area contributed by atoms with Crippen molar-refractivity contribution < 1.29 is 18.3 Å². The summed E-state index contributed by atoms with van der Waals surface area (Å²) in [5.41, 5.74) is 2.97. The topological polar surface area (TPSA) is 44.1 Å². The van der Waals surface area contributed by atoms with E-state index >= 15 is 0 Å². The molecule has 1 aromatic heterocycles. The average Bonchev–Trinajstić information content (AvgIpc) is 3.13. The third-order valence-corrected chi connectivity index (χ3v) is 6.30. The fraction of sp³-hybridized carbons (Fsp3) is 0.167. The second-order valence-electron chi connectivity index (χ2n) is 7.00. The average molecular weight is 473 g/mol. The summed E-state index contributed by atoms with van der Waals surface area (Å²) in [5.74, 6) is -1.56. The monoisotopic (exact) mass is 472 g/mol. The van der Waals surface area contributed by atoms with Crippen molar-refractivity contribution in [1.82, 2.24) is 9.55 Å². The Morgan fingerprint density at radius 2 is 1.84 bits per heavy atom. The maximum Gasteiger partial charge on any atom is 0.338 e. The fourth-order valence-electron chi connectivity index (χ4n) is 3.32. The van der Waals surface area contributed by atoms with E-state index in [9.17, 15) is 13.6 Å². The number of aromatic nitrogens is 2. The Bertz CT molecular complexity index is 1280. The molecule has 0 spiro atoms. The van der Waals surface area contributed by atoms with Crippen LogP contribution in [-0.2, 0) is 17.0 Å². The molecule has 0 N–H and O–H groups in total. The molecule has 4 rings (SSSR count). The number of imidazole rings is 1. The number of hydrogen-bond acceptors (Lipinski definition) is 4. The van der Waals surface area contributed by atoms with Crippen LogP contribution >= 0.6 is 23.4 Å². The maximum absolute atomic E-state index is 14.3. The molecule has 0 aliphatic heterocycles. The minimum Gasteiger partial charge on any atom is -0.462 e. The van der Waals surface area contributed by atoms with Crippen LogP contribution < -0.4 is 0 Å². The molecule has 164 valence electrons. The largest absolute Gasteiger partial charge is 0.462 e. The zero-order chi connectivity index (χ0) is 22.7. The number of nitrogens with zero attached hydrogens (tertiary/aromatic N) is 2. The molecule has 0 amide bonds. The van der Waals surface area contributed by atoms with Crippen molar-refractivity contribution in [1.29, 1.82) is 0 Å². The van der Waals surface area contributed by atoms with Crippen molar-refractivity contribution in [2.45, 2.75) is 24.4 Å². The van der Waals surface area contributed by atoms with Crippen LogP contribution in [0.5, 0.6) is 0 Å². The molecule has 4 aromatic rings. The summed E-state index contributed by atoms with van der Waals surface area (Å²) in [6, 6.07) is 17.1. The maximum atomic E-state index is 14.3. The molecule has 8 heteroatoms. The van der Waals surface area contributed by atoms with Crippen molar-refractivity contribution in [3.8, 4) is 0 Å². The van der Waals surface area contributed by atoms with Gasteiger partial charge in [0, 0.05) is 11.3 Å². The summed E-state index contributed by atoms with van der Waals surface area (Å²) in [4.78, 5) is 16.8. The molecule has 3 aromatic carbocycles. The molecule has 32 heavy (non-hydrogen) atoms. The van der Waals surface area contributed by atoms with Gasteiger partial charge in [-0.05, 0) is 42.8 Å². The van der Waals surface area contributed by atoms with E-state index in [0.717, 1.165) is 23.2 Å². The highest BCUT2D eigenvalue weighted by molar-refractivity contribution is 7.98. The van der Waals surface area contributed by atoms with Gasteiger partial charge in [0.2, 0.25) is 0 Å². The van der Waals surface area contributed by atoms with Crippen molar-refractivity contribution in [3.63, 3.8) is 0 Å². The molecule has 0 unspecified atom stereocenters. The van der Waals surface area contributed by atoms with E-state index in [1.54, 1.807) is 19.1 Å². The van der Waals surface area contributed by atoms with Crippen LogP contribution in [-0.4, -0.2) is 22.1 Å². The molecule has 0 aliphatic carbocycles. The van der Waals surface area contributed by atoms with Crippen LogP contribution in [0.25, 0.3) is 11.0 Å². The van der Waals surface area contributed by atoms with Gasteiger partial charge in [0.05, 0.1) is 34.8 Å². The number of benzene rings is 3. The molecule has 0 saturated carbocycles. The van der Waals surface area contributed by atoms with Gasteiger partial charge in [-0.2, -0.15) is 0 Å². The van der Waals surface area contributed by atoms with Gasteiger partial charge in [0.1, 0.15) is 11.6 Å². The Labute approximate surface area is 193 Å². The van der Waals surface area contributed by atoms with Crippen molar-refractivity contribution in [2.75, 3.05) is 6.61 Å². The Morgan fingerprint density at radius 3 is 2.59 bits per heavy atom. The Kier molecular flexibility index (Phi) is 6.77. The van der Waals surface area contributed by atoms with Crippen LogP contribution in [0.4, 0.5) is 8.78 Å². The summed E-state index contributed by atoms with van der Waals surface area (Å²) in [7, 11) is 0. The first-order valence-electron chi connectivity index (χ1n) is 9.94. The number of halogens is 3. The number of hydrogen-bond donors (Lipinski definition) is 0. The number of ether oxygens (including phenoxy) is 1. The van der Waals surface area contributed by atoms with Crippen molar-refractivity contribution >= 4 is 40.4 Å². The molecule has 4 nitrogen and oxygen atoms in total. The second-order valence-corrected chi connectivity index (χ2v) is 8.32. The van der Waals surface area contributed by atoms with E-state index < -0.39 is 17.6 Å². The lowest BCUT2D eigenvalue weighted by atomic mass is 10.2. The molecule has 0 aliphatic rings. The first-order chi connectivity index (χ1) is 15.5. The lowest BCUT2D eigenvalue weighted by Gasteiger charge is -2.10. The normalized spacial score (nSPS) is 11.1. The van der Waals surface area contributed by atoms with Crippen molar-refractivity contribution in [3.05, 3.63) is 94.0 Å². The van der Waals surface area contributed by atoms with Gasteiger partial charge in [-0.1, -0.05) is 53.7 Å². The van der Waals surface area contributed by atoms with E-state index in [0.29, 0.717) is 22.8 Å². The molecule has 0 atom stereocenters.